The summed E-state index contributed by atoms with van der Waals surface area (Å²) in [6, 6.07) is 0. The first kappa shape index (κ1) is 15.6. The van der Waals surface area contributed by atoms with Gasteiger partial charge in [0.1, 0.15) is 12.0 Å². The molecule has 22 heavy (non-hydrogen) atoms. The van der Waals surface area contributed by atoms with E-state index in [1.807, 2.05) is 13.8 Å². The monoisotopic (exact) mass is 320 g/mol. The number of halogens is 1. The van der Waals surface area contributed by atoms with E-state index in [-0.39, 0.29) is 22.2 Å². The minimum absolute atomic E-state index is 0.197. The summed E-state index contributed by atoms with van der Waals surface area (Å²) in [6.45, 7) is 3.65. The van der Waals surface area contributed by atoms with Gasteiger partial charge >= 0.3 is 0 Å². The van der Waals surface area contributed by atoms with Gasteiger partial charge in [-0.2, -0.15) is 0 Å². The first-order chi connectivity index (χ1) is 10.4. The number of aromatic nitrogens is 6. The second-order valence-corrected chi connectivity index (χ2v) is 4.62. The third-order valence-corrected chi connectivity index (χ3v) is 3.05. The Morgan fingerprint density at radius 3 is 2.41 bits per heavy atom. The fourth-order valence-electron chi connectivity index (χ4n) is 1.44. The number of H-pyrrole nitrogens is 1. The molecule has 0 spiro atoms. The Morgan fingerprint density at radius 1 is 1.09 bits per heavy atom. The molecule has 3 rings (SSSR count). The van der Waals surface area contributed by atoms with Crippen LogP contribution in [0.4, 0.5) is 11.5 Å². The van der Waals surface area contributed by atoms with E-state index in [0.717, 1.165) is 11.4 Å². The highest BCUT2D eigenvalue weighted by Gasteiger charge is 2.04. The predicted molar refractivity (Wildman–Crippen MR) is 83.3 cm³/mol. The normalized spacial score (nSPS) is 10.1. The van der Waals surface area contributed by atoms with Crippen molar-refractivity contribution in [3.63, 3.8) is 0 Å². The Bertz CT molecular complexity index is 858. The second kappa shape index (κ2) is 6.31. The topological polar surface area (TPSA) is 149 Å². The van der Waals surface area contributed by atoms with Crippen molar-refractivity contribution in [1.29, 1.82) is 0 Å². The molecule has 3 heterocycles. The molecule has 0 saturated heterocycles. The predicted octanol–water partition coefficient (Wildman–Crippen LogP) is 0.624. The molecule has 10 heteroatoms. The number of nitrogens with one attached hydrogen (secondary N) is 1. The second-order valence-electron chi connectivity index (χ2n) is 4.26. The van der Waals surface area contributed by atoms with Crippen LogP contribution in [0.2, 0.25) is 5.15 Å². The number of nitrogens with zero attached hydrogens (tertiary/aromatic N) is 5. The maximum Gasteiger partial charge on any atom is 0.278 e. The van der Waals surface area contributed by atoms with Gasteiger partial charge in [0.25, 0.3) is 5.56 Å². The summed E-state index contributed by atoms with van der Waals surface area (Å²) in [4.78, 5) is 33.0. The van der Waals surface area contributed by atoms with E-state index in [9.17, 15) is 4.79 Å². The molecule has 0 saturated carbocycles. The van der Waals surface area contributed by atoms with Crippen LogP contribution in [0.1, 0.15) is 11.4 Å². The number of fused-ring (bicyclic) bond motifs is 1. The van der Waals surface area contributed by atoms with Crippen LogP contribution in [0.15, 0.2) is 17.4 Å². The standard InChI is InChI=1S/C8H8N4O.C4H5ClN4/c1-4-5(2)12-7-6(11-4)8(13)10-3-9-7;5-3-2(6)4(7)9-1-8-3/h3H,1-2H3,(H,9,10,12,13);1H,6H2,(H2,7,8,9). The van der Waals surface area contributed by atoms with Crippen molar-refractivity contribution in [1.82, 2.24) is 29.9 Å². The third kappa shape index (κ3) is 3.26. The van der Waals surface area contributed by atoms with Crippen LogP contribution >= 0.6 is 11.6 Å². The molecule has 0 aliphatic carbocycles. The lowest BCUT2D eigenvalue weighted by Gasteiger charge is -1.98. The lowest BCUT2D eigenvalue weighted by Crippen LogP contribution is -2.10. The van der Waals surface area contributed by atoms with E-state index in [0.29, 0.717) is 11.2 Å². The van der Waals surface area contributed by atoms with E-state index in [1.165, 1.54) is 12.7 Å². The molecule has 0 aliphatic rings. The highest BCUT2D eigenvalue weighted by Crippen LogP contribution is 2.18. The number of aryl methyl sites for hydroxylation is 2. The molecule has 0 radical (unpaired) electrons. The zero-order chi connectivity index (χ0) is 16.3. The van der Waals surface area contributed by atoms with Crippen molar-refractivity contribution >= 4 is 34.3 Å². The Kier molecular flexibility index (Phi) is 4.47. The highest BCUT2D eigenvalue weighted by molar-refractivity contribution is 6.32. The van der Waals surface area contributed by atoms with Crippen LogP contribution in [0, 0.1) is 13.8 Å². The molecular formula is C12H13ClN8O. The molecule has 3 aromatic heterocycles. The van der Waals surface area contributed by atoms with Gasteiger partial charge in [0.15, 0.2) is 22.1 Å². The van der Waals surface area contributed by atoms with Gasteiger partial charge < -0.3 is 16.5 Å². The van der Waals surface area contributed by atoms with Gasteiger partial charge in [0.05, 0.1) is 17.7 Å². The summed E-state index contributed by atoms with van der Waals surface area (Å²) >= 11 is 5.46. The van der Waals surface area contributed by atoms with Crippen molar-refractivity contribution in [2.75, 3.05) is 11.5 Å². The molecule has 0 aromatic carbocycles. The SMILES string of the molecule is Cc1nc2nc[nH]c(=O)c2nc1C.Nc1ncnc(Cl)c1N. The summed E-state index contributed by atoms with van der Waals surface area (Å²) in [6.07, 6.45) is 2.59. The molecule has 5 N–H and O–H groups in total. The zero-order valence-corrected chi connectivity index (χ0v) is 12.6. The average molecular weight is 321 g/mol. The zero-order valence-electron chi connectivity index (χ0n) is 11.8. The summed E-state index contributed by atoms with van der Waals surface area (Å²) < 4.78 is 0. The van der Waals surface area contributed by atoms with E-state index in [2.05, 4.69) is 29.9 Å². The number of nitrogens with two attached hydrogens (primary N) is 2. The van der Waals surface area contributed by atoms with Gasteiger partial charge in [0, 0.05) is 0 Å². The van der Waals surface area contributed by atoms with Crippen LogP contribution in [0.3, 0.4) is 0 Å². The van der Waals surface area contributed by atoms with E-state index in [1.54, 1.807) is 0 Å². The summed E-state index contributed by atoms with van der Waals surface area (Å²) in [7, 11) is 0. The van der Waals surface area contributed by atoms with Crippen molar-refractivity contribution in [2.24, 2.45) is 0 Å². The van der Waals surface area contributed by atoms with E-state index >= 15 is 0 Å². The lowest BCUT2D eigenvalue weighted by atomic mass is 10.3. The molecule has 0 amide bonds. The van der Waals surface area contributed by atoms with Crippen LogP contribution in [-0.2, 0) is 0 Å². The first-order valence-electron chi connectivity index (χ1n) is 6.10. The largest absolute Gasteiger partial charge is 0.393 e. The average Bonchev–Trinajstić information content (AvgIpc) is 2.48. The number of nitrogen functional groups attached to an aromatic ring is 2. The molecule has 0 unspecified atom stereocenters. The Labute approximate surface area is 129 Å². The Morgan fingerprint density at radius 2 is 1.77 bits per heavy atom. The third-order valence-electron chi connectivity index (χ3n) is 2.75. The number of aromatic amines is 1. The van der Waals surface area contributed by atoms with E-state index < -0.39 is 0 Å². The van der Waals surface area contributed by atoms with Gasteiger partial charge in [-0.3, -0.25) is 4.79 Å². The quantitative estimate of drug-likeness (QED) is 0.510. The van der Waals surface area contributed by atoms with Crippen LogP contribution in [-0.4, -0.2) is 29.9 Å². The Hall–Kier alpha value is -2.81. The fraction of sp³-hybridized carbons (Fsp3) is 0.167. The Balaban J connectivity index is 0.000000172. The van der Waals surface area contributed by atoms with E-state index in [4.69, 9.17) is 23.1 Å². The molecule has 114 valence electrons. The summed E-state index contributed by atoms with van der Waals surface area (Å²) in [5.41, 5.74) is 12.8. The van der Waals surface area contributed by atoms with Crippen molar-refractivity contribution in [3.8, 4) is 0 Å². The molecular weight excluding hydrogens is 308 g/mol. The molecule has 0 atom stereocenters. The highest BCUT2D eigenvalue weighted by atomic mass is 35.5. The van der Waals surface area contributed by atoms with Crippen LogP contribution in [0.25, 0.3) is 11.2 Å². The van der Waals surface area contributed by atoms with Gasteiger partial charge in [-0.05, 0) is 13.8 Å². The fourth-order valence-corrected chi connectivity index (χ4v) is 1.58. The molecule has 9 nitrogen and oxygen atoms in total. The number of hydrogen-bond donors (Lipinski definition) is 3. The summed E-state index contributed by atoms with van der Waals surface area (Å²) in [5, 5.41) is 0.197. The minimum Gasteiger partial charge on any atom is -0.393 e. The maximum atomic E-state index is 11.2. The number of rotatable bonds is 0. The number of hydrogen-bond acceptors (Lipinski definition) is 8. The van der Waals surface area contributed by atoms with Gasteiger partial charge in [0.2, 0.25) is 0 Å². The molecule has 0 fully saturated rings. The van der Waals surface area contributed by atoms with Gasteiger partial charge in [-0.15, -0.1) is 0 Å². The van der Waals surface area contributed by atoms with Crippen LogP contribution < -0.4 is 17.0 Å². The minimum atomic E-state index is -0.249. The number of anilines is 2. The smallest absolute Gasteiger partial charge is 0.278 e. The lowest BCUT2D eigenvalue weighted by molar-refractivity contribution is 1.04. The maximum absolute atomic E-state index is 11.2. The molecule has 3 aromatic rings. The van der Waals surface area contributed by atoms with Crippen molar-refractivity contribution in [3.05, 3.63) is 39.5 Å². The van der Waals surface area contributed by atoms with Crippen molar-refractivity contribution in [2.45, 2.75) is 13.8 Å². The van der Waals surface area contributed by atoms with Gasteiger partial charge in [-0.25, -0.2) is 24.9 Å². The van der Waals surface area contributed by atoms with Crippen LogP contribution in [0.5, 0.6) is 0 Å². The van der Waals surface area contributed by atoms with Gasteiger partial charge in [-0.1, -0.05) is 11.6 Å². The van der Waals surface area contributed by atoms with Crippen molar-refractivity contribution < 1.29 is 0 Å². The summed E-state index contributed by atoms with van der Waals surface area (Å²) in [5.74, 6) is 0.218. The first-order valence-corrected chi connectivity index (χ1v) is 6.48. The molecule has 0 aliphatic heterocycles. The molecule has 0 bridgehead atoms.